The van der Waals surface area contributed by atoms with Gasteiger partial charge in [-0.25, -0.2) is 0 Å². The standard InChI is InChI=1S/C26H28N4O/c1-19-8-9-22-24(27-19)6-3-7-25(22)28-10-12-29(13-11-28)26-17-23(26)20-4-2-5-21(16-20)30-14-15-31-18-30/h2-9,14-16,23,26H,10-13,17-18H2,1H3/t23-,26+/m1/s1. The summed E-state index contributed by atoms with van der Waals surface area (Å²) in [5.74, 6) is 0.656. The molecular formula is C26H28N4O. The fourth-order valence-corrected chi connectivity index (χ4v) is 5.13. The predicted molar refractivity (Wildman–Crippen MR) is 125 cm³/mol. The van der Waals surface area contributed by atoms with Crippen LogP contribution >= 0.6 is 0 Å². The number of aryl methyl sites for hydroxylation is 1. The van der Waals surface area contributed by atoms with E-state index in [1.807, 2.05) is 6.20 Å². The van der Waals surface area contributed by atoms with Crippen LogP contribution in [0.5, 0.6) is 0 Å². The number of aromatic nitrogens is 1. The van der Waals surface area contributed by atoms with Crippen LogP contribution in [0.2, 0.25) is 0 Å². The van der Waals surface area contributed by atoms with E-state index in [2.05, 4.69) is 76.2 Å². The van der Waals surface area contributed by atoms with Crippen LogP contribution in [0.1, 0.15) is 23.6 Å². The number of rotatable bonds is 4. The molecule has 3 aliphatic rings. The first kappa shape index (κ1) is 18.7. The lowest BCUT2D eigenvalue weighted by atomic mass is 10.1. The average molecular weight is 413 g/mol. The second-order valence-electron chi connectivity index (χ2n) is 8.87. The molecule has 2 aromatic carbocycles. The highest BCUT2D eigenvalue weighted by molar-refractivity contribution is 5.92. The first-order valence-corrected chi connectivity index (χ1v) is 11.3. The third-order valence-electron chi connectivity index (χ3n) is 6.91. The summed E-state index contributed by atoms with van der Waals surface area (Å²) < 4.78 is 5.35. The van der Waals surface area contributed by atoms with Gasteiger partial charge in [-0.05, 0) is 55.3 Å². The van der Waals surface area contributed by atoms with Gasteiger partial charge < -0.3 is 14.5 Å². The maximum absolute atomic E-state index is 5.35. The minimum Gasteiger partial charge on any atom is -0.479 e. The maximum atomic E-state index is 5.35. The summed E-state index contributed by atoms with van der Waals surface area (Å²) in [6, 6.07) is 20.5. The van der Waals surface area contributed by atoms with Crippen molar-refractivity contribution >= 4 is 22.3 Å². The number of ether oxygens (including phenoxy) is 1. The highest BCUT2D eigenvalue weighted by Gasteiger charge is 2.43. The van der Waals surface area contributed by atoms with Gasteiger partial charge >= 0.3 is 0 Å². The monoisotopic (exact) mass is 412 g/mol. The molecule has 0 amide bonds. The van der Waals surface area contributed by atoms with Gasteiger partial charge in [0.05, 0.1) is 5.52 Å². The Balaban J connectivity index is 1.12. The summed E-state index contributed by atoms with van der Waals surface area (Å²) in [5, 5.41) is 1.27. The van der Waals surface area contributed by atoms with Crippen molar-refractivity contribution in [1.29, 1.82) is 0 Å². The molecule has 1 saturated carbocycles. The van der Waals surface area contributed by atoms with Gasteiger partial charge in [-0.1, -0.05) is 18.2 Å². The summed E-state index contributed by atoms with van der Waals surface area (Å²) in [6.07, 6.45) is 5.04. The normalized spacial score (nSPS) is 23.4. The molecule has 3 aromatic rings. The third kappa shape index (κ3) is 3.53. The number of fused-ring (bicyclic) bond motifs is 1. The quantitative estimate of drug-likeness (QED) is 0.631. The summed E-state index contributed by atoms with van der Waals surface area (Å²) >= 11 is 0. The second-order valence-corrected chi connectivity index (χ2v) is 8.87. The Bertz CT molecular complexity index is 1140. The Morgan fingerprint density at radius 3 is 2.68 bits per heavy atom. The zero-order chi connectivity index (χ0) is 20.8. The Morgan fingerprint density at radius 1 is 0.968 bits per heavy atom. The molecule has 5 nitrogen and oxygen atoms in total. The molecule has 3 heterocycles. The molecule has 1 saturated heterocycles. The molecule has 2 fully saturated rings. The highest BCUT2D eigenvalue weighted by Crippen LogP contribution is 2.46. The molecule has 2 aliphatic heterocycles. The van der Waals surface area contributed by atoms with Gasteiger partial charge in [0.2, 0.25) is 0 Å². The van der Waals surface area contributed by atoms with Crippen molar-refractivity contribution in [3.05, 3.63) is 78.3 Å². The van der Waals surface area contributed by atoms with Gasteiger partial charge in [0.25, 0.3) is 0 Å². The molecule has 0 radical (unpaired) electrons. The van der Waals surface area contributed by atoms with Crippen molar-refractivity contribution in [2.24, 2.45) is 0 Å². The SMILES string of the molecule is Cc1ccc2c(N3CCN([C@H]4C[C@@H]4c4cccc(N5C=COC5)c4)CC3)cccc2n1. The van der Waals surface area contributed by atoms with Crippen molar-refractivity contribution in [2.75, 3.05) is 42.7 Å². The van der Waals surface area contributed by atoms with Crippen molar-refractivity contribution in [3.63, 3.8) is 0 Å². The Kier molecular flexibility index (Phi) is 4.57. The topological polar surface area (TPSA) is 31.8 Å². The molecule has 5 heteroatoms. The molecule has 2 atom stereocenters. The number of benzene rings is 2. The smallest absolute Gasteiger partial charge is 0.164 e. The number of hydrogen-bond acceptors (Lipinski definition) is 5. The zero-order valence-corrected chi connectivity index (χ0v) is 17.9. The minimum absolute atomic E-state index is 0.614. The summed E-state index contributed by atoms with van der Waals surface area (Å²) in [5.41, 5.74) is 6.18. The first-order valence-electron chi connectivity index (χ1n) is 11.3. The van der Waals surface area contributed by atoms with E-state index in [1.165, 1.54) is 28.7 Å². The zero-order valence-electron chi connectivity index (χ0n) is 17.9. The van der Waals surface area contributed by atoms with E-state index < -0.39 is 0 Å². The van der Waals surface area contributed by atoms with Crippen molar-refractivity contribution in [3.8, 4) is 0 Å². The minimum atomic E-state index is 0.614. The van der Waals surface area contributed by atoms with E-state index >= 15 is 0 Å². The Morgan fingerprint density at radius 2 is 1.84 bits per heavy atom. The van der Waals surface area contributed by atoms with Crippen molar-refractivity contribution < 1.29 is 4.74 Å². The van der Waals surface area contributed by atoms with E-state index in [-0.39, 0.29) is 0 Å². The van der Waals surface area contributed by atoms with E-state index in [0.29, 0.717) is 18.7 Å². The molecule has 0 unspecified atom stereocenters. The fourth-order valence-electron chi connectivity index (χ4n) is 5.13. The lowest BCUT2D eigenvalue weighted by Crippen LogP contribution is -2.47. The molecule has 1 aliphatic carbocycles. The van der Waals surface area contributed by atoms with Crippen LogP contribution in [0.4, 0.5) is 11.4 Å². The van der Waals surface area contributed by atoms with Gasteiger partial charge in [-0.3, -0.25) is 9.88 Å². The fraction of sp³-hybridized carbons (Fsp3) is 0.346. The maximum Gasteiger partial charge on any atom is 0.164 e. The third-order valence-corrected chi connectivity index (χ3v) is 6.91. The Labute approximate surface area is 183 Å². The van der Waals surface area contributed by atoms with Crippen molar-refractivity contribution in [1.82, 2.24) is 9.88 Å². The van der Waals surface area contributed by atoms with Crippen LogP contribution in [0, 0.1) is 6.92 Å². The molecule has 6 rings (SSSR count). The van der Waals surface area contributed by atoms with Crippen LogP contribution in [0.15, 0.2) is 67.1 Å². The lowest BCUT2D eigenvalue weighted by molar-refractivity contribution is 0.244. The molecule has 0 N–H and O–H groups in total. The van der Waals surface area contributed by atoms with Gasteiger partial charge in [-0.2, -0.15) is 0 Å². The Hall–Kier alpha value is -3.05. The van der Waals surface area contributed by atoms with Gasteiger partial charge in [0, 0.05) is 66.8 Å². The summed E-state index contributed by atoms with van der Waals surface area (Å²) in [7, 11) is 0. The molecule has 158 valence electrons. The molecule has 0 spiro atoms. The van der Waals surface area contributed by atoms with E-state index in [0.717, 1.165) is 37.4 Å². The summed E-state index contributed by atoms with van der Waals surface area (Å²) in [6.45, 7) is 7.07. The van der Waals surface area contributed by atoms with Crippen molar-refractivity contribution in [2.45, 2.75) is 25.3 Å². The van der Waals surface area contributed by atoms with E-state index in [1.54, 1.807) is 6.26 Å². The molecule has 0 bridgehead atoms. The second kappa shape index (κ2) is 7.57. The molecular weight excluding hydrogens is 384 g/mol. The number of nitrogens with zero attached hydrogens (tertiary/aromatic N) is 4. The molecule has 1 aromatic heterocycles. The van der Waals surface area contributed by atoms with Crippen LogP contribution in [0.25, 0.3) is 10.9 Å². The molecule has 31 heavy (non-hydrogen) atoms. The van der Waals surface area contributed by atoms with Crippen LogP contribution in [-0.2, 0) is 4.74 Å². The summed E-state index contributed by atoms with van der Waals surface area (Å²) in [4.78, 5) is 12.1. The highest BCUT2D eigenvalue weighted by atomic mass is 16.5. The average Bonchev–Trinajstić information content (AvgIpc) is 3.42. The van der Waals surface area contributed by atoms with Gasteiger partial charge in [-0.15, -0.1) is 0 Å². The van der Waals surface area contributed by atoms with Crippen LogP contribution in [-0.4, -0.2) is 48.8 Å². The van der Waals surface area contributed by atoms with Crippen LogP contribution in [0.3, 0.4) is 0 Å². The number of anilines is 2. The first-order chi connectivity index (χ1) is 15.3. The van der Waals surface area contributed by atoms with Gasteiger partial charge in [0.1, 0.15) is 6.26 Å². The van der Waals surface area contributed by atoms with Gasteiger partial charge in [0.15, 0.2) is 6.73 Å². The van der Waals surface area contributed by atoms with E-state index in [9.17, 15) is 0 Å². The lowest BCUT2D eigenvalue weighted by Gasteiger charge is -2.37. The largest absolute Gasteiger partial charge is 0.479 e. The predicted octanol–water partition coefficient (Wildman–Crippen LogP) is 4.49. The number of pyridine rings is 1. The number of hydrogen-bond donors (Lipinski definition) is 0. The van der Waals surface area contributed by atoms with Crippen LogP contribution < -0.4 is 9.80 Å². The van der Waals surface area contributed by atoms with E-state index in [4.69, 9.17) is 9.72 Å². The number of piperazine rings is 1.